The molecule has 0 N–H and O–H groups in total. The van der Waals surface area contributed by atoms with Gasteiger partial charge in [-0.25, -0.2) is 0 Å². The predicted molar refractivity (Wildman–Crippen MR) is 154 cm³/mol. The van der Waals surface area contributed by atoms with Crippen LogP contribution in [0.1, 0.15) is 53.1 Å². The molecule has 1 spiro atoms. The quantitative estimate of drug-likeness (QED) is 0.406. The van der Waals surface area contributed by atoms with Crippen molar-refractivity contribution in [1.29, 1.82) is 0 Å². The highest BCUT2D eigenvalue weighted by Crippen LogP contribution is 2.42. The van der Waals surface area contributed by atoms with E-state index in [1.807, 2.05) is 23.1 Å². The van der Waals surface area contributed by atoms with E-state index >= 15 is 0 Å². The molecule has 6 heteroatoms. The number of piperazine rings is 1. The van der Waals surface area contributed by atoms with Gasteiger partial charge in [0.05, 0.1) is 13.2 Å². The average molecular weight is 526 g/mol. The van der Waals surface area contributed by atoms with E-state index < -0.39 is 0 Å². The lowest BCUT2D eigenvalue weighted by molar-refractivity contribution is -0.178. The van der Waals surface area contributed by atoms with Gasteiger partial charge in [-0.3, -0.25) is 9.69 Å². The number of hydrogen-bond acceptors (Lipinski definition) is 5. The highest BCUT2D eigenvalue weighted by Gasteiger charge is 2.40. The highest BCUT2D eigenvalue weighted by atomic mass is 16.7. The molecule has 3 aromatic rings. The molecular formula is C33H39N3O3. The van der Waals surface area contributed by atoms with E-state index in [0.29, 0.717) is 5.92 Å². The lowest BCUT2D eigenvalue weighted by Gasteiger charge is -2.35. The number of rotatable bonds is 6. The number of hydrogen-bond donors (Lipinski definition) is 0. The molecule has 1 aliphatic carbocycles. The molecule has 0 bridgehead atoms. The van der Waals surface area contributed by atoms with E-state index in [1.165, 1.54) is 11.1 Å². The summed E-state index contributed by atoms with van der Waals surface area (Å²) in [4.78, 5) is 19.7. The zero-order valence-electron chi connectivity index (χ0n) is 22.9. The number of carbonyl (C=O) groups excluding carboxylic acids is 1. The molecule has 39 heavy (non-hydrogen) atoms. The van der Waals surface area contributed by atoms with E-state index in [-0.39, 0.29) is 11.7 Å². The fraction of sp³-hybridized carbons (Fsp3) is 0.424. The van der Waals surface area contributed by atoms with Crippen molar-refractivity contribution in [3.63, 3.8) is 0 Å². The van der Waals surface area contributed by atoms with E-state index in [4.69, 9.17) is 9.47 Å². The fourth-order valence-corrected chi connectivity index (χ4v) is 6.26. The zero-order chi connectivity index (χ0) is 26.7. The second kappa shape index (κ2) is 11.5. The van der Waals surface area contributed by atoms with Gasteiger partial charge in [0.25, 0.3) is 5.91 Å². The number of benzene rings is 3. The molecule has 0 unspecified atom stereocenters. The van der Waals surface area contributed by atoms with Gasteiger partial charge in [-0.15, -0.1) is 0 Å². The number of amides is 1. The van der Waals surface area contributed by atoms with Gasteiger partial charge in [-0.1, -0.05) is 42.5 Å². The lowest BCUT2D eigenvalue weighted by Crippen LogP contribution is -2.48. The van der Waals surface area contributed by atoms with Crippen LogP contribution in [-0.2, 0) is 16.0 Å². The molecule has 3 aliphatic rings. The van der Waals surface area contributed by atoms with Gasteiger partial charge in [0.1, 0.15) is 0 Å². The molecule has 0 radical (unpaired) electrons. The van der Waals surface area contributed by atoms with E-state index in [9.17, 15) is 4.79 Å². The fourth-order valence-electron chi connectivity index (χ4n) is 6.26. The summed E-state index contributed by atoms with van der Waals surface area (Å²) in [6.45, 7) is 5.74. The standard InChI is InChI=1S/C33H39N3O3/c1-34(30-11-7-27(8-12-30)28-15-17-33(18-16-28)38-23-24-39-33)31-13-9-29(10-14-31)32(37)36-21-19-35(20-22-36)25-26-5-3-2-4-6-26/h2-14,28H,15-25H2,1H3. The molecule has 2 aliphatic heterocycles. The summed E-state index contributed by atoms with van der Waals surface area (Å²) in [5.41, 5.74) is 5.68. The summed E-state index contributed by atoms with van der Waals surface area (Å²) in [5.74, 6) is 0.379. The minimum Gasteiger partial charge on any atom is -0.348 e. The van der Waals surface area contributed by atoms with Crippen LogP contribution in [0, 0.1) is 0 Å². The summed E-state index contributed by atoms with van der Waals surface area (Å²) in [6.07, 6.45) is 4.17. The summed E-state index contributed by atoms with van der Waals surface area (Å²) >= 11 is 0. The lowest BCUT2D eigenvalue weighted by atomic mass is 9.81. The third-order valence-corrected chi connectivity index (χ3v) is 8.72. The van der Waals surface area contributed by atoms with Gasteiger partial charge in [0.2, 0.25) is 0 Å². The maximum atomic E-state index is 13.2. The topological polar surface area (TPSA) is 45.3 Å². The van der Waals surface area contributed by atoms with E-state index in [0.717, 1.165) is 88.6 Å². The van der Waals surface area contributed by atoms with Crippen molar-refractivity contribution in [3.8, 4) is 0 Å². The Morgan fingerprint density at radius 3 is 2.03 bits per heavy atom. The van der Waals surface area contributed by atoms with Crippen molar-refractivity contribution in [1.82, 2.24) is 9.80 Å². The first-order valence-corrected chi connectivity index (χ1v) is 14.4. The molecule has 1 saturated carbocycles. The maximum Gasteiger partial charge on any atom is 0.253 e. The average Bonchev–Trinajstić information content (AvgIpc) is 3.45. The SMILES string of the molecule is CN(c1ccc(C(=O)N2CCN(Cc3ccccc3)CC2)cc1)c1ccc(C2CCC3(CC2)OCCO3)cc1. The molecule has 0 aromatic heterocycles. The molecule has 1 amide bonds. The second-order valence-electron chi connectivity index (χ2n) is 11.1. The maximum absolute atomic E-state index is 13.2. The summed E-state index contributed by atoms with van der Waals surface area (Å²) in [7, 11) is 2.08. The summed E-state index contributed by atoms with van der Waals surface area (Å²) < 4.78 is 11.8. The Morgan fingerprint density at radius 1 is 0.821 bits per heavy atom. The van der Waals surface area contributed by atoms with Gasteiger partial charge < -0.3 is 19.3 Å². The third-order valence-electron chi connectivity index (χ3n) is 8.72. The minimum absolute atomic E-state index is 0.121. The Morgan fingerprint density at radius 2 is 1.41 bits per heavy atom. The van der Waals surface area contributed by atoms with Crippen LogP contribution in [0.3, 0.4) is 0 Å². The molecule has 3 aromatic carbocycles. The van der Waals surface area contributed by atoms with Gasteiger partial charge in [-0.05, 0) is 66.3 Å². The summed E-state index contributed by atoms with van der Waals surface area (Å²) in [6, 6.07) is 27.5. The number of carbonyl (C=O) groups is 1. The number of anilines is 2. The predicted octanol–water partition coefficient (Wildman–Crippen LogP) is 5.81. The van der Waals surface area contributed by atoms with Crippen molar-refractivity contribution >= 4 is 17.3 Å². The van der Waals surface area contributed by atoms with Crippen molar-refractivity contribution in [2.75, 3.05) is 51.3 Å². The Labute approximate surface area is 232 Å². The second-order valence-corrected chi connectivity index (χ2v) is 11.1. The molecular weight excluding hydrogens is 486 g/mol. The minimum atomic E-state index is -0.305. The zero-order valence-corrected chi connectivity index (χ0v) is 22.9. The van der Waals surface area contributed by atoms with Gasteiger partial charge >= 0.3 is 0 Å². The molecule has 2 saturated heterocycles. The van der Waals surface area contributed by atoms with Crippen molar-refractivity contribution in [2.24, 2.45) is 0 Å². The first-order valence-electron chi connectivity index (χ1n) is 14.4. The van der Waals surface area contributed by atoms with Crippen LogP contribution in [-0.4, -0.2) is 67.9 Å². The first-order chi connectivity index (χ1) is 19.1. The Balaban J connectivity index is 1.02. The monoisotopic (exact) mass is 525 g/mol. The Hall–Kier alpha value is -3.19. The molecule has 6 rings (SSSR count). The molecule has 6 nitrogen and oxygen atoms in total. The van der Waals surface area contributed by atoms with Gasteiger partial charge in [0.15, 0.2) is 5.79 Å². The molecule has 204 valence electrons. The van der Waals surface area contributed by atoms with Crippen LogP contribution in [0.4, 0.5) is 11.4 Å². The van der Waals surface area contributed by atoms with Gasteiger partial charge in [0, 0.05) is 69.6 Å². The first kappa shape index (κ1) is 26.1. The van der Waals surface area contributed by atoms with Crippen molar-refractivity contribution in [2.45, 2.75) is 43.9 Å². The van der Waals surface area contributed by atoms with Crippen LogP contribution in [0.2, 0.25) is 0 Å². The molecule has 2 heterocycles. The van der Waals surface area contributed by atoms with Crippen LogP contribution in [0.5, 0.6) is 0 Å². The molecule has 3 fully saturated rings. The molecule has 0 atom stereocenters. The third kappa shape index (κ3) is 5.88. The van der Waals surface area contributed by atoms with Crippen LogP contribution in [0.15, 0.2) is 78.9 Å². The van der Waals surface area contributed by atoms with Crippen molar-refractivity contribution < 1.29 is 14.3 Å². The van der Waals surface area contributed by atoms with Gasteiger partial charge in [-0.2, -0.15) is 0 Å². The van der Waals surface area contributed by atoms with Crippen molar-refractivity contribution in [3.05, 3.63) is 95.6 Å². The summed E-state index contributed by atoms with van der Waals surface area (Å²) in [5, 5.41) is 0. The van der Waals surface area contributed by atoms with Crippen LogP contribution >= 0.6 is 0 Å². The number of ether oxygens (including phenoxy) is 2. The Kier molecular flexibility index (Phi) is 7.69. The normalized spacial score (nSPS) is 19.9. The van der Waals surface area contributed by atoms with Crippen LogP contribution in [0.25, 0.3) is 0 Å². The Bertz CT molecular complexity index is 1220. The van der Waals surface area contributed by atoms with E-state index in [1.54, 1.807) is 0 Å². The van der Waals surface area contributed by atoms with Crippen LogP contribution < -0.4 is 4.90 Å². The largest absolute Gasteiger partial charge is 0.348 e. The number of nitrogens with zero attached hydrogens (tertiary/aromatic N) is 3. The van der Waals surface area contributed by atoms with E-state index in [2.05, 4.69) is 77.5 Å². The smallest absolute Gasteiger partial charge is 0.253 e. The highest BCUT2D eigenvalue weighted by molar-refractivity contribution is 5.94.